The number of rotatable bonds is 2. The maximum absolute atomic E-state index is 12.9. The van der Waals surface area contributed by atoms with E-state index in [1.165, 1.54) is 0 Å². The van der Waals surface area contributed by atoms with Crippen LogP contribution in [0.15, 0.2) is 18.2 Å². The predicted molar refractivity (Wildman–Crippen MR) is 47.7 cm³/mol. The van der Waals surface area contributed by atoms with Crippen molar-refractivity contribution in [2.75, 3.05) is 0 Å². The van der Waals surface area contributed by atoms with Crippen LogP contribution in [0.25, 0.3) is 0 Å². The fourth-order valence-electron chi connectivity index (χ4n) is 1.17. The topological polar surface area (TPSA) is 66.5 Å². The van der Waals surface area contributed by atoms with Crippen molar-refractivity contribution >= 4 is 0 Å². The van der Waals surface area contributed by atoms with Crippen LogP contribution in [0.1, 0.15) is 11.6 Å². The zero-order valence-electron chi connectivity index (χ0n) is 8.17. The highest BCUT2D eigenvalue weighted by atomic mass is 19.4. The molecule has 0 fully saturated rings. The van der Waals surface area contributed by atoms with Gasteiger partial charge in [-0.15, -0.1) is 0 Å². The Kier molecular flexibility index (Phi) is 3.19. The molecule has 8 heteroatoms. The molecule has 1 rings (SSSR count). The minimum atomic E-state index is -5.82. The van der Waals surface area contributed by atoms with Crippen LogP contribution in [-0.2, 0) is 0 Å². The minimum Gasteiger partial charge on any atom is -0.508 e. The lowest BCUT2D eigenvalue weighted by Crippen LogP contribution is -2.45. The van der Waals surface area contributed by atoms with Gasteiger partial charge in [-0.3, -0.25) is 0 Å². The molecule has 0 aromatic heterocycles. The Bertz CT molecular complexity index is 418. The molecular weight excluding hydrogens is 249 g/mol. The van der Waals surface area contributed by atoms with Crippen molar-refractivity contribution in [3.05, 3.63) is 23.8 Å². The number of aromatic hydroxyl groups is 2. The smallest absolute Gasteiger partial charge is 0.455 e. The van der Waals surface area contributed by atoms with E-state index in [1.807, 2.05) is 0 Å². The Hall–Kier alpha value is -1.57. The van der Waals surface area contributed by atoms with Gasteiger partial charge in [-0.25, -0.2) is 0 Å². The normalized spacial score (nSPS) is 14.7. The largest absolute Gasteiger partial charge is 0.508 e. The van der Waals surface area contributed by atoms with Gasteiger partial charge >= 0.3 is 12.1 Å². The Morgan fingerprint density at radius 3 is 2.00 bits per heavy atom. The van der Waals surface area contributed by atoms with Gasteiger partial charge in [-0.05, 0) is 12.1 Å². The maximum Gasteiger partial charge on any atom is 0.455 e. The molecule has 0 spiro atoms. The van der Waals surface area contributed by atoms with Gasteiger partial charge in [-0.2, -0.15) is 22.0 Å². The molecule has 0 saturated heterocycles. The summed E-state index contributed by atoms with van der Waals surface area (Å²) in [7, 11) is 0. The quantitative estimate of drug-likeness (QED) is 0.712. The van der Waals surface area contributed by atoms with Gasteiger partial charge in [-0.1, -0.05) is 0 Å². The molecule has 0 unspecified atom stereocenters. The lowest BCUT2D eigenvalue weighted by atomic mass is 10.00. The first-order valence-corrected chi connectivity index (χ1v) is 4.29. The number of alkyl halides is 5. The first-order valence-electron chi connectivity index (χ1n) is 4.29. The fourth-order valence-corrected chi connectivity index (χ4v) is 1.17. The fraction of sp³-hybridized carbons (Fsp3) is 0.333. The first kappa shape index (κ1) is 13.5. The lowest BCUT2D eigenvalue weighted by Gasteiger charge is -2.26. The molecule has 0 radical (unpaired) electrons. The van der Waals surface area contributed by atoms with Gasteiger partial charge in [0.2, 0.25) is 0 Å². The molecule has 0 aliphatic heterocycles. The summed E-state index contributed by atoms with van der Waals surface area (Å²) in [6.45, 7) is 0. The molecule has 0 amide bonds. The maximum atomic E-state index is 12.9. The third-order valence-electron chi connectivity index (χ3n) is 2.12. The third-order valence-corrected chi connectivity index (χ3v) is 2.12. The van der Waals surface area contributed by atoms with Crippen molar-refractivity contribution < 1.29 is 32.2 Å². The molecule has 96 valence electrons. The van der Waals surface area contributed by atoms with Crippen molar-refractivity contribution in [3.63, 3.8) is 0 Å². The molecule has 3 nitrogen and oxygen atoms in total. The van der Waals surface area contributed by atoms with E-state index in [0.29, 0.717) is 12.1 Å². The molecule has 17 heavy (non-hydrogen) atoms. The van der Waals surface area contributed by atoms with Gasteiger partial charge in [0.15, 0.2) is 0 Å². The molecule has 1 atom stereocenters. The summed E-state index contributed by atoms with van der Waals surface area (Å²) < 4.78 is 61.8. The van der Waals surface area contributed by atoms with Crippen LogP contribution in [0.4, 0.5) is 22.0 Å². The van der Waals surface area contributed by atoms with Crippen LogP contribution in [0.3, 0.4) is 0 Å². The van der Waals surface area contributed by atoms with E-state index in [9.17, 15) is 22.0 Å². The number of benzene rings is 1. The second-order valence-electron chi connectivity index (χ2n) is 3.34. The van der Waals surface area contributed by atoms with Gasteiger partial charge in [0.25, 0.3) is 0 Å². The number of phenols is 2. The molecule has 0 heterocycles. The molecule has 1 aromatic carbocycles. The van der Waals surface area contributed by atoms with Crippen molar-refractivity contribution in [1.82, 2.24) is 0 Å². The summed E-state index contributed by atoms with van der Waals surface area (Å²) in [5, 5.41) is 18.0. The standard InChI is InChI=1S/C9H8F5NO2/c10-8(11,9(12,13)14)7(15)5-2-1-4(16)3-6(5)17/h1-3,7,16-17H,15H2/t7-/m0/s1. The van der Waals surface area contributed by atoms with E-state index in [1.54, 1.807) is 0 Å². The van der Waals surface area contributed by atoms with Crippen molar-refractivity contribution in [3.8, 4) is 11.5 Å². The van der Waals surface area contributed by atoms with E-state index >= 15 is 0 Å². The van der Waals surface area contributed by atoms with Crippen molar-refractivity contribution in [2.45, 2.75) is 18.1 Å². The zero-order valence-corrected chi connectivity index (χ0v) is 8.17. The van der Waals surface area contributed by atoms with Crippen LogP contribution >= 0.6 is 0 Å². The van der Waals surface area contributed by atoms with Gasteiger partial charge in [0.05, 0.1) is 0 Å². The van der Waals surface area contributed by atoms with Gasteiger partial charge in [0.1, 0.15) is 17.5 Å². The van der Waals surface area contributed by atoms with Crippen LogP contribution in [0, 0.1) is 0 Å². The third kappa shape index (κ3) is 2.41. The Labute approximate surface area is 92.3 Å². The van der Waals surface area contributed by atoms with Gasteiger partial charge in [0, 0.05) is 11.6 Å². The highest BCUT2D eigenvalue weighted by Gasteiger charge is 2.62. The van der Waals surface area contributed by atoms with Crippen LogP contribution in [-0.4, -0.2) is 22.3 Å². The summed E-state index contributed by atoms with van der Waals surface area (Å²) >= 11 is 0. The lowest BCUT2D eigenvalue weighted by molar-refractivity contribution is -0.291. The molecular formula is C9H8F5NO2. The monoisotopic (exact) mass is 257 g/mol. The van der Waals surface area contributed by atoms with Crippen molar-refractivity contribution in [2.24, 2.45) is 5.73 Å². The highest BCUT2D eigenvalue weighted by Crippen LogP contribution is 2.45. The number of nitrogens with two attached hydrogens (primary N) is 1. The highest BCUT2D eigenvalue weighted by molar-refractivity contribution is 5.41. The minimum absolute atomic E-state index is 0.478. The number of halogens is 5. The summed E-state index contributed by atoms with van der Waals surface area (Å²) in [5.41, 5.74) is 4.00. The van der Waals surface area contributed by atoms with E-state index in [0.717, 1.165) is 6.07 Å². The average molecular weight is 257 g/mol. The van der Waals surface area contributed by atoms with Crippen molar-refractivity contribution in [1.29, 1.82) is 0 Å². The number of phenolic OH excluding ortho intramolecular Hbond substituents is 2. The number of hydrogen-bond acceptors (Lipinski definition) is 3. The SMILES string of the molecule is N[C@@H](c1ccc(O)cc1O)C(F)(F)C(F)(F)F. The van der Waals surface area contributed by atoms with Crippen LogP contribution in [0.5, 0.6) is 11.5 Å². The summed E-state index contributed by atoms with van der Waals surface area (Å²) in [6, 6.07) is -0.569. The summed E-state index contributed by atoms with van der Waals surface area (Å²) in [6.07, 6.45) is -5.82. The predicted octanol–water partition coefficient (Wildman–Crippen LogP) is 2.30. The molecule has 0 aliphatic carbocycles. The molecule has 1 aromatic rings. The molecule has 0 saturated carbocycles. The van der Waals surface area contributed by atoms with E-state index < -0.39 is 35.2 Å². The number of hydrogen-bond donors (Lipinski definition) is 3. The first-order chi connectivity index (χ1) is 7.57. The zero-order chi connectivity index (χ0) is 13.4. The Morgan fingerprint density at radius 2 is 1.59 bits per heavy atom. The van der Waals surface area contributed by atoms with E-state index in [2.05, 4.69) is 0 Å². The molecule has 0 aliphatic rings. The van der Waals surface area contributed by atoms with Crippen LogP contribution in [0.2, 0.25) is 0 Å². The van der Waals surface area contributed by atoms with E-state index in [4.69, 9.17) is 15.9 Å². The van der Waals surface area contributed by atoms with Crippen LogP contribution < -0.4 is 5.73 Å². The van der Waals surface area contributed by atoms with E-state index in [-0.39, 0.29) is 0 Å². The Balaban J connectivity index is 3.17. The van der Waals surface area contributed by atoms with Gasteiger partial charge < -0.3 is 15.9 Å². The summed E-state index contributed by atoms with van der Waals surface area (Å²) in [4.78, 5) is 0. The Morgan fingerprint density at radius 1 is 1.06 bits per heavy atom. The second-order valence-corrected chi connectivity index (χ2v) is 3.34. The molecule has 0 bridgehead atoms. The molecule has 4 N–H and O–H groups in total. The summed E-state index contributed by atoms with van der Waals surface area (Å²) in [5.74, 6) is -6.59. The second kappa shape index (κ2) is 4.02. The average Bonchev–Trinajstić information content (AvgIpc) is 2.14.